The van der Waals surface area contributed by atoms with Gasteiger partial charge >= 0.3 is 0 Å². The average Bonchev–Trinajstić information content (AvgIpc) is 2.79. The lowest BCUT2D eigenvalue weighted by molar-refractivity contribution is 0.157. The van der Waals surface area contributed by atoms with Crippen LogP contribution in [-0.2, 0) is 11.3 Å². The Labute approximate surface area is 121 Å². The fraction of sp³-hybridized carbons (Fsp3) is 0.385. The van der Waals surface area contributed by atoms with Crippen LogP contribution in [0.2, 0.25) is 0 Å². The van der Waals surface area contributed by atoms with Crippen molar-refractivity contribution in [3.05, 3.63) is 40.7 Å². The molecule has 20 heavy (non-hydrogen) atoms. The monoisotopic (exact) mass is 297 g/mol. The Hall–Kier alpha value is -1.73. The van der Waals surface area contributed by atoms with Gasteiger partial charge in [0.1, 0.15) is 6.61 Å². The molecule has 0 saturated heterocycles. The number of nitrogens with one attached hydrogen (secondary N) is 1. The summed E-state index contributed by atoms with van der Waals surface area (Å²) < 4.78 is 26.3. The summed E-state index contributed by atoms with van der Waals surface area (Å²) in [6.07, 6.45) is 0. The number of H-pyrrole nitrogens is 1. The average molecular weight is 297 g/mol. The third-order valence-electron chi connectivity index (χ3n) is 2.82. The van der Waals surface area contributed by atoms with Crippen LogP contribution in [0.25, 0.3) is 0 Å². The highest BCUT2D eigenvalue weighted by atomic mass is 32.1. The van der Waals surface area contributed by atoms with Gasteiger partial charge in [0.2, 0.25) is 0 Å². The number of halogens is 1. The van der Waals surface area contributed by atoms with Gasteiger partial charge in [-0.2, -0.15) is 5.10 Å². The molecule has 0 radical (unpaired) electrons. The molecule has 5 nitrogen and oxygen atoms in total. The molecular formula is C13H16FN3O2S. The fourth-order valence-corrected chi connectivity index (χ4v) is 2.24. The predicted octanol–water partition coefficient (Wildman–Crippen LogP) is 2.87. The van der Waals surface area contributed by atoms with Gasteiger partial charge in [-0.3, -0.25) is 9.67 Å². The van der Waals surface area contributed by atoms with E-state index in [9.17, 15) is 4.39 Å². The van der Waals surface area contributed by atoms with E-state index in [1.54, 1.807) is 29.9 Å². The zero-order valence-corrected chi connectivity index (χ0v) is 12.1. The van der Waals surface area contributed by atoms with Crippen LogP contribution in [0, 0.1) is 10.6 Å². The van der Waals surface area contributed by atoms with Crippen molar-refractivity contribution in [3.8, 4) is 5.75 Å². The highest BCUT2D eigenvalue weighted by Crippen LogP contribution is 2.18. The second kappa shape index (κ2) is 6.62. The third-order valence-corrected chi connectivity index (χ3v) is 3.11. The molecular weight excluding hydrogens is 281 g/mol. The first kappa shape index (κ1) is 14.7. The second-order valence-electron chi connectivity index (χ2n) is 4.34. The minimum atomic E-state index is -0.405. The Kier molecular flexibility index (Phi) is 4.86. The smallest absolute Gasteiger partial charge is 0.195 e. The number of aromatic amines is 1. The van der Waals surface area contributed by atoms with E-state index in [2.05, 4.69) is 10.2 Å². The molecule has 0 aliphatic rings. The molecule has 0 bridgehead atoms. The number of rotatable bonds is 6. The van der Waals surface area contributed by atoms with Crippen LogP contribution in [0.5, 0.6) is 5.75 Å². The Balaban J connectivity index is 2.14. The highest BCUT2D eigenvalue weighted by molar-refractivity contribution is 7.71. The van der Waals surface area contributed by atoms with E-state index in [1.165, 1.54) is 6.07 Å². The molecule has 1 heterocycles. The molecule has 0 unspecified atom stereocenters. The Morgan fingerprint density at radius 3 is 2.90 bits per heavy atom. The maximum absolute atomic E-state index is 13.5. The number of methoxy groups -OCH3 is 1. The van der Waals surface area contributed by atoms with Gasteiger partial charge in [0.05, 0.1) is 12.6 Å². The minimum Gasteiger partial charge on any atom is -0.483 e. The summed E-state index contributed by atoms with van der Waals surface area (Å²) in [5, 5.41) is 6.82. The van der Waals surface area contributed by atoms with E-state index < -0.39 is 5.82 Å². The number of hydrogen-bond donors (Lipinski definition) is 1. The van der Waals surface area contributed by atoms with E-state index in [0.29, 0.717) is 17.2 Å². The van der Waals surface area contributed by atoms with Crippen LogP contribution in [0.3, 0.4) is 0 Å². The Morgan fingerprint density at radius 2 is 2.20 bits per heavy atom. The first-order valence-corrected chi connectivity index (χ1v) is 6.56. The van der Waals surface area contributed by atoms with Gasteiger partial charge in [-0.15, -0.1) is 0 Å². The minimum absolute atomic E-state index is 0.0190. The van der Waals surface area contributed by atoms with Crippen LogP contribution >= 0.6 is 12.2 Å². The number of aromatic nitrogens is 3. The molecule has 1 aromatic heterocycles. The predicted molar refractivity (Wildman–Crippen MR) is 74.7 cm³/mol. The van der Waals surface area contributed by atoms with Crippen LogP contribution in [0.1, 0.15) is 18.8 Å². The number of hydrogen-bond acceptors (Lipinski definition) is 4. The Morgan fingerprint density at radius 1 is 1.45 bits per heavy atom. The molecule has 0 amide bonds. The molecule has 0 spiro atoms. The van der Waals surface area contributed by atoms with Gasteiger partial charge < -0.3 is 9.47 Å². The molecule has 1 N–H and O–H groups in total. The first-order chi connectivity index (χ1) is 9.63. The molecule has 2 aromatic rings. The van der Waals surface area contributed by atoms with Gasteiger partial charge in [0.15, 0.2) is 22.2 Å². The zero-order valence-electron chi connectivity index (χ0n) is 11.3. The Bertz CT molecular complexity index is 626. The summed E-state index contributed by atoms with van der Waals surface area (Å²) >= 11 is 5.18. The largest absolute Gasteiger partial charge is 0.483 e. The van der Waals surface area contributed by atoms with Crippen molar-refractivity contribution in [2.24, 2.45) is 0 Å². The molecule has 0 aliphatic carbocycles. The van der Waals surface area contributed by atoms with Crippen LogP contribution in [-0.4, -0.2) is 28.5 Å². The summed E-state index contributed by atoms with van der Waals surface area (Å²) in [7, 11) is 1.62. The molecule has 2 rings (SSSR count). The quantitative estimate of drug-likeness (QED) is 0.833. The number of ether oxygens (including phenoxy) is 2. The topological polar surface area (TPSA) is 52.1 Å². The number of benzene rings is 1. The SMILES string of the molecule is COC[C@H](C)n1c(COc2ccccc2F)n[nH]c1=S. The maximum Gasteiger partial charge on any atom is 0.195 e. The first-order valence-electron chi connectivity index (χ1n) is 6.15. The van der Waals surface area contributed by atoms with Crippen molar-refractivity contribution in [1.82, 2.24) is 14.8 Å². The summed E-state index contributed by atoms with van der Waals surface area (Å²) in [5.74, 6) is 0.383. The molecule has 0 fully saturated rings. The highest BCUT2D eigenvalue weighted by Gasteiger charge is 2.14. The van der Waals surface area contributed by atoms with E-state index in [1.807, 2.05) is 6.92 Å². The van der Waals surface area contributed by atoms with E-state index in [0.717, 1.165) is 0 Å². The summed E-state index contributed by atoms with van der Waals surface area (Å²) in [4.78, 5) is 0. The lowest BCUT2D eigenvalue weighted by Gasteiger charge is -2.15. The normalized spacial score (nSPS) is 12.3. The molecule has 108 valence electrons. The number of para-hydroxylation sites is 1. The lowest BCUT2D eigenvalue weighted by atomic mass is 10.3. The van der Waals surface area contributed by atoms with Crippen molar-refractivity contribution in [2.45, 2.75) is 19.6 Å². The van der Waals surface area contributed by atoms with Gasteiger partial charge in [-0.1, -0.05) is 12.1 Å². The zero-order chi connectivity index (χ0) is 14.5. The summed E-state index contributed by atoms with van der Waals surface area (Å²) in [6, 6.07) is 6.26. The third kappa shape index (κ3) is 3.23. The number of nitrogens with zero attached hydrogens (tertiary/aromatic N) is 2. The van der Waals surface area contributed by atoms with Gasteiger partial charge in [0, 0.05) is 7.11 Å². The van der Waals surface area contributed by atoms with Crippen LogP contribution in [0.15, 0.2) is 24.3 Å². The molecule has 1 aromatic carbocycles. The van der Waals surface area contributed by atoms with Crippen molar-refractivity contribution < 1.29 is 13.9 Å². The molecule has 0 aliphatic heterocycles. The van der Waals surface area contributed by atoms with Gasteiger partial charge in [-0.05, 0) is 31.3 Å². The van der Waals surface area contributed by atoms with Crippen molar-refractivity contribution >= 4 is 12.2 Å². The summed E-state index contributed by atoms with van der Waals surface area (Å²) in [6.45, 7) is 2.59. The lowest BCUT2D eigenvalue weighted by Crippen LogP contribution is -2.16. The van der Waals surface area contributed by atoms with E-state index in [4.69, 9.17) is 21.7 Å². The standard InChI is InChI=1S/C13H16FN3O2S/c1-9(7-18-2)17-12(15-16-13(17)20)8-19-11-6-4-3-5-10(11)14/h3-6,9H,7-8H2,1-2H3,(H,16,20)/t9-/m0/s1. The van der Waals surface area contributed by atoms with Crippen molar-refractivity contribution in [1.29, 1.82) is 0 Å². The fourth-order valence-electron chi connectivity index (χ4n) is 1.91. The van der Waals surface area contributed by atoms with E-state index in [-0.39, 0.29) is 18.4 Å². The van der Waals surface area contributed by atoms with Gasteiger partial charge in [0.25, 0.3) is 0 Å². The molecule has 7 heteroatoms. The van der Waals surface area contributed by atoms with Gasteiger partial charge in [-0.25, -0.2) is 4.39 Å². The van der Waals surface area contributed by atoms with Crippen LogP contribution in [0.4, 0.5) is 4.39 Å². The maximum atomic E-state index is 13.5. The van der Waals surface area contributed by atoms with E-state index >= 15 is 0 Å². The van der Waals surface area contributed by atoms with Crippen molar-refractivity contribution in [3.63, 3.8) is 0 Å². The van der Waals surface area contributed by atoms with Crippen LogP contribution < -0.4 is 4.74 Å². The molecule has 0 saturated carbocycles. The molecule has 1 atom stereocenters. The van der Waals surface area contributed by atoms with Crippen molar-refractivity contribution in [2.75, 3.05) is 13.7 Å². The summed E-state index contributed by atoms with van der Waals surface area (Å²) in [5.41, 5.74) is 0. The second-order valence-corrected chi connectivity index (χ2v) is 4.73.